The van der Waals surface area contributed by atoms with E-state index >= 15 is 0 Å². The van der Waals surface area contributed by atoms with E-state index in [4.69, 9.17) is 0 Å². The maximum Gasteiger partial charge on any atom is 0.138 e. The number of nitrogens with one attached hydrogen (secondary N) is 3. The summed E-state index contributed by atoms with van der Waals surface area (Å²) in [4.78, 5) is 17.0. The second-order valence-corrected chi connectivity index (χ2v) is 9.15. The smallest absolute Gasteiger partial charge is 0.138 e. The molecule has 6 aromatic rings. The number of anilines is 1. The van der Waals surface area contributed by atoms with Crippen molar-refractivity contribution >= 4 is 27.6 Å². The number of hydrogen-bond acceptors (Lipinski definition) is 5. The summed E-state index contributed by atoms with van der Waals surface area (Å²) < 4.78 is 0. The third-order valence-electron chi connectivity index (χ3n) is 6.52. The Labute approximate surface area is 214 Å². The molecule has 0 saturated carbocycles. The van der Waals surface area contributed by atoms with E-state index in [0.717, 1.165) is 86.4 Å². The van der Waals surface area contributed by atoms with Gasteiger partial charge < -0.3 is 10.3 Å². The average Bonchev–Trinajstić information content (AvgIpc) is 3.56. The summed E-state index contributed by atoms with van der Waals surface area (Å²) in [6.07, 6.45) is 10.5. The number of H-pyrrole nitrogens is 2. The monoisotopic (exact) mass is 485 g/mol. The molecule has 3 N–H and O–H groups in total. The topological polar surface area (TPSA) is 95.2 Å². The molecule has 6 rings (SSSR count). The van der Waals surface area contributed by atoms with Crippen molar-refractivity contribution in [2.45, 2.75) is 26.2 Å². The SMILES string of the molecule is C=C(CCCC)Nc1cncc(-c2ccc3[nH]nc(-c4cc5c(-c6ccccn6)ccnc5[nH]4)c3c2)c1. The van der Waals surface area contributed by atoms with Crippen LogP contribution >= 0.6 is 0 Å². The van der Waals surface area contributed by atoms with Crippen LogP contribution in [0.2, 0.25) is 0 Å². The van der Waals surface area contributed by atoms with Crippen LogP contribution < -0.4 is 5.32 Å². The molecule has 0 atom stereocenters. The molecule has 0 aliphatic heterocycles. The van der Waals surface area contributed by atoms with Crippen LogP contribution in [-0.4, -0.2) is 30.1 Å². The molecule has 37 heavy (non-hydrogen) atoms. The molecule has 0 fully saturated rings. The number of allylic oxidation sites excluding steroid dienone is 1. The Bertz CT molecular complexity index is 1710. The van der Waals surface area contributed by atoms with Crippen molar-refractivity contribution in [3.8, 4) is 33.8 Å². The van der Waals surface area contributed by atoms with E-state index in [1.165, 1.54) is 0 Å². The van der Waals surface area contributed by atoms with Crippen molar-refractivity contribution < 1.29 is 0 Å². The van der Waals surface area contributed by atoms with Gasteiger partial charge in [0.2, 0.25) is 0 Å². The minimum Gasteiger partial charge on any atom is -0.358 e. The van der Waals surface area contributed by atoms with Crippen LogP contribution in [0.25, 0.3) is 55.7 Å². The second kappa shape index (κ2) is 9.70. The Balaban J connectivity index is 1.37. The fraction of sp³-hybridized carbons (Fsp3) is 0.133. The summed E-state index contributed by atoms with van der Waals surface area (Å²) in [6.45, 7) is 6.33. The van der Waals surface area contributed by atoms with E-state index in [2.05, 4.69) is 79.3 Å². The zero-order valence-electron chi connectivity index (χ0n) is 20.6. The minimum absolute atomic E-state index is 0.803. The first-order chi connectivity index (χ1) is 18.2. The minimum atomic E-state index is 0.803. The van der Waals surface area contributed by atoms with E-state index in [1.807, 2.05) is 36.7 Å². The standard InChI is InChI=1S/C30H27N7/c1-3-4-7-19(2)34-22-14-21(17-31-18-22)20-9-10-27-25(15-20)29(37-36-27)28-16-24-23(11-13-33-30(24)35-28)26-8-5-6-12-32-26/h5-6,8-18,34H,2-4,7H2,1H3,(H,33,35)(H,36,37). The largest absolute Gasteiger partial charge is 0.358 e. The summed E-state index contributed by atoms with van der Waals surface area (Å²) in [5, 5.41) is 13.2. The number of fused-ring (bicyclic) bond motifs is 2. The molecule has 0 bridgehead atoms. The molecule has 0 saturated heterocycles. The van der Waals surface area contributed by atoms with Crippen LogP contribution in [0.1, 0.15) is 26.2 Å². The molecule has 0 aliphatic rings. The molecular formula is C30H27N7. The molecule has 7 nitrogen and oxygen atoms in total. The highest BCUT2D eigenvalue weighted by atomic mass is 15.1. The predicted octanol–water partition coefficient (Wildman–Crippen LogP) is 7.35. The summed E-state index contributed by atoms with van der Waals surface area (Å²) in [7, 11) is 0. The van der Waals surface area contributed by atoms with Gasteiger partial charge in [-0.25, -0.2) is 4.98 Å². The number of benzene rings is 1. The molecule has 5 heterocycles. The summed E-state index contributed by atoms with van der Waals surface area (Å²) in [6, 6.07) is 18.4. The van der Waals surface area contributed by atoms with Crippen molar-refractivity contribution in [3.63, 3.8) is 0 Å². The molecular weight excluding hydrogens is 458 g/mol. The van der Waals surface area contributed by atoms with Crippen LogP contribution in [0.5, 0.6) is 0 Å². The average molecular weight is 486 g/mol. The lowest BCUT2D eigenvalue weighted by atomic mass is 10.0. The fourth-order valence-corrected chi connectivity index (χ4v) is 4.62. The lowest BCUT2D eigenvalue weighted by Crippen LogP contribution is -1.98. The Morgan fingerprint density at radius 1 is 0.946 bits per heavy atom. The molecule has 1 aromatic carbocycles. The summed E-state index contributed by atoms with van der Waals surface area (Å²) >= 11 is 0. The number of rotatable bonds is 8. The van der Waals surface area contributed by atoms with Gasteiger partial charge in [0.1, 0.15) is 11.3 Å². The zero-order chi connectivity index (χ0) is 25.2. The highest BCUT2D eigenvalue weighted by Crippen LogP contribution is 2.34. The predicted molar refractivity (Wildman–Crippen MR) is 150 cm³/mol. The maximum absolute atomic E-state index is 4.64. The first kappa shape index (κ1) is 22.7. The van der Waals surface area contributed by atoms with Crippen molar-refractivity contribution in [2.24, 2.45) is 0 Å². The van der Waals surface area contributed by atoms with E-state index in [0.29, 0.717) is 0 Å². The lowest BCUT2D eigenvalue weighted by Gasteiger charge is -2.10. The second-order valence-electron chi connectivity index (χ2n) is 9.15. The van der Waals surface area contributed by atoms with Crippen LogP contribution in [0.4, 0.5) is 5.69 Å². The van der Waals surface area contributed by atoms with Gasteiger partial charge in [-0.05, 0) is 60.9 Å². The first-order valence-corrected chi connectivity index (χ1v) is 12.5. The van der Waals surface area contributed by atoms with Crippen molar-refractivity contribution in [2.75, 3.05) is 5.32 Å². The molecule has 0 spiro atoms. The van der Waals surface area contributed by atoms with E-state index in [9.17, 15) is 0 Å². The van der Waals surface area contributed by atoms with Gasteiger partial charge in [0.05, 0.1) is 28.8 Å². The molecule has 0 radical (unpaired) electrons. The van der Waals surface area contributed by atoms with Gasteiger partial charge in [0.15, 0.2) is 0 Å². The Hall–Kier alpha value is -4.78. The van der Waals surface area contributed by atoms with Gasteiger partial charge in [-0.1, -0.05) is 32.1 Å². The third kappa shape index (κ3) is 4.47. The van der Waals surface area contributed by atoms with E-state index < -0.39 is 0 Å². The van der Waals surface area contributed by atoms with Crippen LogP contribution in [-0.2, 0) is 0 Å². The van der Waals surface area contributed by atoms with Crippen LogP contribution in [0.15, 0.2) is 91.7 Å². The molecule has 5 aromatic heterocycles. The van der Waals surface area contributed by atoms with Gasteiger partial charge in [-0.3, -0.25) is 15.1 Å². The van der Waals surface area contributed by atoms with Gasteiger partial charge in [-0.15, -0.1) is 0 Å². The molecule has 0 amide bonds. The lowest BCUT2D eigenvalue weighted by molar-refractivity contribution is 0.791. The molecule has 7 heteroatoms. The number of unbranched alkanes of at least 4 members (excludes halogenated alkanes) is 1. The number of aromatic nitrogens is 6. The number of nitrogens with zero attached hydrogens (tertiary/aromatic N) is 4. The van der Waals surface area contributed by atoms with E-state index in [-0.39, 0.29) is 0 Å². The quantitative estimate of drug-likeness (QED) is 0.209. The summed E-state index contributed by atoms with van der Waals surface area (Å²) in [5.41, 5.74) is 9.49. The van der Waals surface area contributed by atoms with Crippen LogP contribution in [0.3, 0.4) is 0 Å². The van der Waals surface area contributed by atoms with Gasteiger partial charge in [-0.2, -0.15) is 5.10 Å². The van der Waals surface area contributed by atoms with Crippen molar-refractivity contribution in [1.82, 2.24) is 30.1 Å². The number of aromatic amines is 2. The Morgan fingerprint density at radius 3 is 2.76 bits per heavy atom. The molecule has 0 aliphatic carbocycles. The van der Waals surface area contributed by atoms with Crippen LogP contribution in [0, 0.1) is 0 Å². The van der Waals surface area contributed by atoms with Gasteiger partial charge >= 0.3 is 0 Å². The Morgan fingerprint density at radius 2 is 1.89 bits per heavy atom. The summed E-state index contributed by atoms with van der Waals surface area (Å²) in [5.74, 6) is 0. The van der Waals surface area contributed by atoms with Gasteiger partial charge in [0.25, 0.3) is 0 Å². The normalized spacial score (nSPS) is 11.3. The fourth-order valence-electron chi connectivity index (χ4n) is 4.62. The highest BCUT2D eigenvalue weighted by Gasteiger charge is 2.15. The highest BCUT2D eigenvalue weighted by molar-refractivity contribution is 6.00. The van der Waals surface area contributed by atoms with Crippen molar-refractivity contribution in [1.29, 1.82) is 0 Å². The number of hydrogen-bond donors (Lipinski definition) is 3. The number of pyridine rings is 3. The maximum atomic E-state index is 4.64. The first-order valence-electron chi connectivity index (χ1n) is 12.5. The molecule has 182 valence electrons. The van der Waals surface area contributed by atoms with E-state index in [1.54, 1.807) is 12.4 Å². The Kier molecular flexibility index (Phi) is 5.94. The van der Waals surface area contributed by atoms with Gasteiger partial charge in [0, 0.05) is 46.2 Å². The third-order valence-corrected chi connectivity index (χ3v) is 6.52. The molecule has 0 unspecified atom stereocenters. The zero-order valence-corrected chi connectivity index (χ0v) is 20.6. The van der Waals surface area contributed by atoms with Crippen molar-refractivity contribution in [3.05, 3.63) is 91.7 Å².